The fourth-order valence-electron chi connectivity index (χ4n) is 2.66. The van der Waals surface area contributed by atoms with Gasteiger partial charge in [-0.2, -0.15) is 0 Å². The van der Waals surface area contributed by atoms with Crippen molar-refractivity contribution >= 4 is 15.7 Å². The summed E-state index contributed by atoms with van der Waals surface area (Å²) >= 11 is 0. The molecule has 0 radical (unpaired) electrons. The van der Waals surface area contributed by atoms with E-state index in [4.69, 9.17) is 0 Å². The van der Waals surface area contributed by atoms with Crippen LogP contribution in [0.15, 0.2) is 47.5 Å². The van der Waals surface area contributed by atoms with Crippen molar-refractivity contribution in [3.05, 3.63) is 59.4 Å². The van der Waals surface area contributed by atoms with Crippen molar-refractivity contribution in [3.8, 4) is 0 Å². The maximum atomic E-state index is 12.4. The van der Waals surface area contributed by atoms with Crippen LogP contribution < -0.4 is 0 Å². The van der Waals surface area contributed by atoms with Crippen LogP contribution >= 0.6 is 0 Å². The molecule has 140 valence electrons. The molecule has 2 aromatic rings. The van der Waals surface area contributed by atoms with E-state index in [2.05, 4.69) is 4.98 Å². The Hall–Kier alpha value is -2.21. The number of sulfone groups is 1. The number of rotatable bonds is 7. The molecule has 0 aliphatic rings. The van der Waals surface area contributed by atoms with Gasteiger partial charge < -0.3 is 4.90 Å². The summed E-state index contributed by atoms with van der Waals surface area (Å²) in [6, 6.07) is 10.6. The lowest BCUT2D eigenvalue weighted by atomic mass is 10.1. The third-order valence-corrected chi connectivity index (χ3v) is 6.23. The second kappa shape index (κ2) is 8.45. The number of benzene rings is 1. The van der Waals surface area contributed by atoms with E-state index in [9.17, 15) is 13.2 Å². The van der Waals surface area contributed by atoms with Gasteiger partial charge in [-0.1, -0.05) is 17.7 Å². The molecule has 0 N–H and O–H groups in total. The molecule has 0 saturated carbocycles. The largest absolute Gasteiger partial charge is 0.343 e. The lowest BCUT2D eigenvalue weighted by Gasteiger charge is -2.25. The van der Waals surface area contributed by atoms with E-state index in [1.54, 1.807) is 42.4 Å². The van der Waals surface area contributed by atoms with Crippen LogP contribution in [0.1, 0.15) is 30.2 Å². The minimum atomic E-state index is -3.46. The van der Waals surface area contributed by atoms with Crippen LogP contribution in [-0.2, 0) is 21.1 Å². The molecule has 1 aromatic carbocycles. The summed E-state index contributed by atoms with van der Waals surface area (Å²) in [5.41, 5.74) is 3.04. The van der Waals surface area contributed by atoms with E-state index in [0.717, 1.165) is 16.8 Å². The number of aromatic nitrogens is 1. The monoisotopic (exact) mass is 374 g/mol. The first-order chi connectivity index (χ1) is 12.2. The Bertz CT molecular complexity index is 861. The van der Waals surface area contributed by atoms with Crippen LogP contribution in [0.4, 0.5) is 0 Å². The van der Waals surface area contributed by atoms with Gasteiger partial charge in [-0.3, -0.25) is 9.78 Å². The molecule has 0 aliphatic heterocycles. The maximum Gasteiger partial charge on any atom is 0.223 e. The Morgan fingerprint density at radius 1 is 1.12 bits per heavy atom. The molecular formula is C20H26N2O3S. The molecule has 1 amide bonds. The lowest BCUT2D eigenvalue weighted by molar-refractivity contribution is -0.131. The first kappa shape index (κ1) is 20.1. The highest BCUT2D eigenvalue weighted by Crippen LogP contribution is 2.14. The molecule has 0 spiro atoms. The smallest absolute Gasteiger partial charge is 0.223 e. The van der Waals surface area contributed by atoms with Gasteiger partial charge in [-0.25, -0.2) is 8.42 Å². The number of carbonyl (C=O) groups is 1. The molecule has 0 bridgehead atoms. The number of nitrogens with zero attached hydrogens (tertiary/aromatic N) is 2. The van der Waals surface area contributed by atoms with Crippen molar-refractivity contribution in [1.29, 1.82) is 0 Å². The maximum absolute atomic E-state index is 12.4. The van der Waals surface area contributed by atoms with Crippen LogP contribution in [0.25, 0.3) is 0 Å². The number of hydrogen-bond acceptors (Lipinski definition) is 4. The number of aryl methyl sites for hydroxylation is 2. The first-order valence-corrected chi connectivity index (χ1v) is 10.3. The zero-order valence-corrected chi connectivity index (χ0v) is 16.6. The molecule has 1 atom stereocenters. The number of amides is 1. The molecule has 6 heteroatoms. The van der Waals surface area contributed by atoms with Crippen molar-refractivity contribution in [2.24, 2.45) is 0 Å². The minimum Gasteiger partial charge on any atom is -0.343 e. The van der Waals surface area contributed by atoms with Crippen LogP contribution in [0.5, 0.6) is 0 Å². The predicted molar refractivity (Wildman–Crippen MR) is 103 cm³/mol. The van der Waals surface area contributed by atoms with Gasteiger partial charge in [0.2, 0.25) is 5.91 Å². The van der Waals surface area contributed by atoms with Crippen molar-refractivity contribution < 1.29 is 13.2 Å². The molecule has 0 fully saturated rings. The fourth-order valence-corrected chi connectivity index (χ4v) is 3.89. The quantitative estimate of drug-likeness (QED) is 0.747. The van der Waals surface area contributed by atoms with Crippen LogP contribution in [0.3, 0.4) is 0 Å². The SMILES string of the molecule is Cc1ccc(S(=O)(=O)CCC(=O)N(C)C(C)Cc2cc(C)ccn2)cc1. The molecule has 1 aromatic heterocycles. The Morgan fingerprint density at radius 2 is 1.77 bits per heavy atom. The van der Waals surface area contributed by atoms with E-state index in [-0.39, 0.29) is 29.0 Å². The van der Waals surface area contributed by atoms with E-state index in [1.165, 1.54) is 0 Å². The van der Waals surface area contributed by atoms with E-state index < -0.39 is 9.84 Å². The second-order valence-electron chi connectivity index (χ2n) is 6.76. The summed E-state index contributed by atoms with van der Waals surface area (Å²) < 4.78 is 24.8. The normalized spacial score (nSPS) is 12.6. The third kappa shape index (κ3) is 5.39. The van der Waals surface area contributed by atoms with E-state index >= 15 is 0 Å². The number of likely N-dealkylation sites (N-methyl/N-ethyl adjacent to an activating group) is 1. The molecule has 0 saturated heterocycles. The van der Waals surface area contributed by atoms with Crippen molar-refractivity contribution in [3.63, 3.8) is 0 Å². The number of carbonyl (C=O) groups excluding carboxylic acids is 1. The minimum absolute atomic E-state index is 0.0295. The molecule has 1 unspecified atom stereocenters. The topological polar surface area (TPSA) is 67.3 Å². The van der Waals surface area contributed by atoms with Gasteiger partial charge in [0.05, 0.1) is 10.6 Å². The average molecular weight is 375 g/mol. The zero-order valence-electron chi connectivity index (χ0n) is 15.8. The standard InChI is InChI=1S/C20H26N2O3S/c1-15-5-7-19(8-6-15)26(24,25)12-10-20(23)22(4)17(3)14-18-13-16(2)9-11-21-18/h5-9,11,13,17H,10,12,14H2,1-4H3. The third-order valence-electron chi connectivity index (χ3n) is 4.50. The van der Waals surface area contributed by atoms with E-state index in [1.807, 2.05) is 32.9 Å². The highest BCUT2D eigenvalue weighted by Gasteiger charge is 2.21. The van der Waals surface area contributed by atoms with Gasteiger partial charge in [0.25, 0.3) is 0 Å². The summed E-state index contributed by atoms with van der Waals surface area (Å²) in [4.78, 5) is 18.6. The van der Waals surface area contributed by atoms with Gasteiger partial charge in [-0.15, -0.1) is 0 Å². The first-order valence-electron chi connectivity index (χ1n) is 8.65. The Labute approximate surface area is 156 Å². The average Bonchev–Trinajstić information content (AvgIpc) is 2.59. The van der Waals surface area contributed by atoms with Gasteiger partial charge in [0.15, 0.2) is 9.84 Å². The number of pyridine rings is 1. The van der Waals surface area contributed by atoms with Gasteiger partial charge in [0, 0.05) is 37.8 Å². The molecule has 26 heavy (non-hydrogen) atoms. The van der Waals surface area contributed by atoms with Crippen molar-refractivity contribution in [2.75, 3.05) is 12.8 Å². The summed E-state index contributed by atoms with van der Waals surface area (Å²) in [6.07, 6.45) is 2.36. The Kier molecular flexibility index (Phi) is 6.53. The Balaban J connectivity index is 1.94. The Morgan fingerprint density at radius 3 is 2.38 bits per heavy atom. The number of hydrogen-bond donors (Lipinski definition) is 0. The zero-order chi connectivity index (χ0) is 19.3. The van der Waals surface area contributed by atoms with Crippen LogP contribution in [0.2, 0.25) is 0 Å². The molecule has 0 aliphatic carbocycles. The molecule has 2 rings (SSSR count). The predicted octanol–water partition coefficient (Wildman–Crippen LogP) is 2.95. The van der Waals surface area contributed by atoms with Gasteiger partial charge >= 0.3 is 0 Å². The lowest BCUT2D eigenvalue weighted by Crippen LogP contribution is -2.37. The van der Waals surface area contributed by atoms with Crippen molar-refractivity contribution in [1.82, 2.24) is 9.88 Å². The molecule has 1 heterocycles. The fraction of sp³-hybridized carbons (Fsp3) is 0.400. The highest BCUT2D eigenvalue weighted by atomic mass is 32.2. The van der Waals surface area contributed by atoms with Crippen molar-refractivity contribution in [2.45, 2.75) is 44.6 Å². The summed E-state index contributed by atoms with van der Waals surface area (Å²) in [5, 5.41) is 0. The van der Waals surface area contributed by atoms with Gasteiger partial charge in [0.1, 0.15) is 0 Å². The molecular weight excluding hydrogens is 348 g/mol. The highest BCUT2D eigenvalue weighted by molar-refractivity contribution is 7.91. The summed E-state index contributed by atoms with van der Waals surface area (Å²) in [6.45, 7) is 5.84. The molecule has 5 nitrogen and oxygen atoms in total. The van der Waals surface area contributed by atoms with Gasteiger partial charge in [-0.05, 0) is 50.6 Å². The van der Waals surface area contributed by atoms with Crippen LogP contribution in [0, 0.1) is 13.8 Å². The second-order valence-corrected chi connectivity index (χ2v) is 8.87. The summed E-state index contributed by atoms with van der Waals surface area (Å²) in [5.74, 6) is -0.366. The van der Waals surface area contributed by atoms with E-state index in [0.29, 0.717) is 6.42 Å². The summed E-state index contributed by atoms with van der Waals surface area (Å²) in [7, 11) is -1.75. The van der Waals surface area contributed by atoms with Crippen LogP contribution in [-0.4, -0.2) is 43.1 Å².